The van der Waals surface area contributed by atoms with Crippen LogP contribution in [0.2, 0.25) is 0 Å². The van der Waals surface area contributed by atoms with Gasteiger partial charge in [-0.3, -0.25) is 0 Å². The van der Waals surface area contributed by atoms with Crippen LogP contribution in [-0.4, -0.2) is 33.8 Å². The summed E-state index contributed by atoms with van der Waals surface area (Å²) in [6.07, 6.45) is -3.01. The highest BCUT2D eigenvalue weighted by molar-refractivity contribution is 8.00. The first-order valence-corrected chi connectivity index (χ1v) is 10.5. The Balaban J connectivity index is 1.58. The number of alkyl halides is 3. The van der Waals surface area contributed by atoms with Crippen molar-refractivity contribution in [2.75, 3.05) is 22.7 Å². The predicted molar refractivity (Wildman–Crippen MR) is 116 cm³/mol. The fourth-order valence-corrected chi connectivity index (χ4v) is 4.11. The molecule has 4 rings (SSSR count). The van der Waals surface area contributed by atoms with E-state index in [1.54, 1.807) is 26.1 Å². The van der Waals surface area contributed by atoms with Crippen LogP contribution in [0.15, 0.2) is 53.6 Å². The van der Waals surface area contributed by atoms with Gasteiger partial charge in [-0.15, -0.1) is 0 Å². The van der Waals surface area contributed by atoms with Gasteiger partial charge in [0, 0.05) is 29.7 Å². The van der Waals surface area contributed by atoms with Crippen LogP contribution in [-0.2, 0) is 6.18 Å². The molecule has 2 N–H and O–H groups in total. The molecule has 3 heterocycles. The van der Waals surface area contributed by atoms with Gasteiger partial charge in [0.15, 0.2) is 0 Å². The molecule has 0 amide bonds. The van der Waals surface area contributed by atoms with Crippen molar-refractivity contribution in [3.8, 4) is 11.3 Å². The van der Waals surface area contributed by atoms with E-state index in [0.29, 0.717) is 24.5 Å². The molecule has 3 aromatic rings. The van der Waals surface area contributed by atoms with Crippen LogP contribution < -0.4 is 9.62 Å². The van der Waals surface area contributed by atoms with E-state index in [4.69, 9.17) is 0 Å². The molecule has 0 aliphatic carbocycles. The number of nitrogens with one attached hydrogen (secondary N) is 1. The monoisotopic (exact) mass is 464 g/mol. The SMILES string of the molecule is Cc1ccc(F)cc1-c1nc(NSc2ccnc(N3CC(C)(O)C3)c2)ccc1C(F)(F)F. The van der Waals surface area contributed by atoms with Gasteiger partial charge in [-0.1, -0.05) is 6.07 Å². The summed E-state index contributed by atoms with van der Waals surface area (Å²) in [5.41, 5.74) is -1.44. The molecule has 1 fully saturated rings. The number of hydrogen-bond acceptors (Lipinski definition) is 6. The summed E-state index contributed by atoms with van der Waals surface area (Å²) in [6.45, 7) is 4.30. The van der Waals surface area contributed by atoms with Crippen molar-refractivity contribution in [3.05, 3.63) is 65.6 Å². The highest BCUT2D eigenvalue weighted by Gasteiger charge is 2.37. The molecule has 0 bridgehead atoms. The molecule has 1 aliphatic rings. The number of rotatable bonds is 5. The van der Waals surface area contributed by atoms with Gasteiger partial charge in [-0.05, 0) is 67.8 Å². The number of halogens is 4. The number of benzene rings is 1. The largest absolute Gasteiger partial charge is 0.418 e. The second-order valence-corrected chi connectivity index (χ2v) is 8.84. The van der Waals surface area contributed by atoms with E-state index in [0.717, 1.165) is 17.0 Å². The Hall–Kier alpha value is -2.85. The highest BCUT2D eigenvalue weighted by Crippen LogP contribution is 2.38. The molecule has 10 heteroatoms. The minimum atomic E-state index is -4.63. The number of aromatic nitrogens is 2. The number of pyridine rings is 2. The third kappa shape index (κ3) is 4.81. The Morgan fingerprint density at radius 3 is 2.56 bits per heavy atom. The summed E-state index contributed by atoms with van der Waals surface area (Å²) >= 11 is 1.17. The number of β-amino-alcohol motifs (C(OH)–C–C–N with tert-alkyl or cyclic N) is 1. The van der Waals surface area contributed by atoms with Crippen molar-refractivity contribution in [3.63, 3.8) is 0 Å². The molecule has 1 aliphatic heterocycles. The standard InChI is InChI=1S/C22H20F4N4OS/c1-13-3-4-14(23)9-16(13)20-17(22(24,25)26)5-6-18(28-20)29-32-15-7-8-27-19(10-15)30-11-21(2,31)12-30/h3-10,31H,11-12H2,1-2H3,(H,28,29). The lowest BCUT2D eigenvalue weighted by Gasteiger charge is -2.44. The van der Waals surface area contributed by atoms with Gasteiger partial charge in [0.2, 0.25) is 0 Å². The number of nitrogens with zero attached hydrogens (tertiary/aromatic N) is 3. The normalized spacial score (nSPS) is 15.4. The third-order valence-electron chi connectivity index (χ3n) is 5.03. The summed E-state index contributed by atoms with van der Waals surface area (Å²) < 4.78 is 57.4. The number of aliphatic hydroxyl groups is 1. The van der Waals surface area contributed by atoms with Gasteiger partial charge in [-0.2, -0.15) is 13.2 Å². The molecular weight excluding hydrogens is 444 g/mol. The van der Waals surface area contributed by atoms with Crippen LogP contribution in [0.5, 0.6) is 0 Å². The molecule has 0 spiro atoms. The first-order chi connectivity index (χ1) is 15.0. The van der Waals surface area contributed by atoms with Crippen molar-refractivity contribution in [1.82, 2.24) is 9.97 Å². The van der Waals surface area contributed by atoms with Gasteiger partial charge in [-0.25, -0.2) is 14.4 Å². The van der Waals surface area contributed by atoms with Crippen LogP contribution in [0, 0.1) is 12.7 Å². The molecule has 1 saturated heterocycles. The summed E-state index contributed by atoms with van der Waals surface area (Å²) in [4.78, 5) is 11.1. The van der Waals surface area contributed by atoms with Crippen molar-refractivity contribution in [1.29, 1.82) is 0 Å². The van der Waals surface area contributed by atoms with Gasteiger partial charge >= 0.3 is 6.18 Å². The minimum absolute atomic E-state index is 0.0852. The second kappa shape index (κ2) is 8.25. The minimum Gasteiger partial charge on any atom is -0.386 e. The quantitative estimate of drug-likeness (QED) is 0.395. The van der Waals surface area contributed by atoms with Crippen LogP contribution >= 0.6 is 11.9 Å². The first kappa shape index (κ1) is 22.3. The lowest BCUT2D eigenvalue weighted by molar-refractivity contribution is -0.137. The summed E-state index contributed by atoms with van der Waals surface area (Å²) in [6, 6.07) is 9.42. The average Bonchev–Trinajstić information content (AvgIpc) is 2.71. The lowest BCUT2D eigenvalue weighted by atomic mass is 9.97. The molecule has 1 aromatic carbocycles. The zero-order valence-corrected chi connectivity index (χ0v) is 18.1. The summed E-state index contributed by atoms with van der Waals surface area (Å²) in [7, 11) is 0. The van der Waals surface area contributed by atoms with Crippen LogP contribution in [0.4, 0.5) is 29.2 Å². The zero-order chi connectivity index (χ0) is 23.1. The van der Waals surface area contributed by atoms with E-state index in [-0.39, 0.29) is 17.1 Å². The number of anilines is 2. The summed E-state index contributed by atoms with van der Waals surface area (Å²) in [5, 5.41) is 9.90. The maximum Gasteiger partial charge on any atom is 0.418 e. The Morgan fingerprint density at radius 1 is 1.12 bits per heavy atom. The molecule has 0 unspecified atom stereocenters. The van der Waals surface area contributed by atoms with Crippen LogP contribution in [0.1, 0.15) is 18.1 Å². The third-order valence-corrected chi connectivity index (χ3v) is 5.83. The number of hydrogen-bond donors (Lipinski definition) is 2. The van der Waals surface area contributed by atoms with Gasteiger partial charge in [0.25, 0.3) is 0 Å². The van der Waals surface area contributed by atoms with Crippen molar-refractivity contribution < 1.29 is 22.7 Å². The first-order valence-electron chi connectivity index (χ1n) is 9.73. The van der Waals surface area contributed by atoms with E-state index in [9.17, 15) is 22.7 Å². The van der Waals surface area contributed by atoms with Crippen LogP contribution in [0.25, 0.3) is 11.3 Å². The van der Waals surface area contributed by atoms with E-state index in [2.05, 4.69) is 14.7 Å². The Morgan fingerprint density at radius 2 is 1.88 bits per heavy atom. The molecule has 168 valence electrons. The van der Waals surface area contributed by atoms with Gasteiger partial charge in [0.1, 0.15) is 17.5 Å². The lowest BCUT2D eigenvalue weighted by Crippen LogP contribution is -2.60. The van der Waals surface area contributed by atoms with Crippen molar-refractivity contribution >= 4 is 23.6 Å². The fourth-order valence-electron chi connectivity index (χ4n) is 3.48. The molecule has 0 atom stereocenters. The average molecular weight is 464 g/mol. The predicted octanol–water partition coefficient (Wildman–Crippen LogP) is 5.30. The van der Waals surface area contributed by atoms with Gasteiger partial charge < -0.3 is 14.7 Å². The molecule has 0 saturated carbocycles. The fraction of sp³-hybridized carbons (Fsp3) is 0.273. The smallest absolute Gasteiger partial charge is 0.386 e. The van der Waals surface area contributed by atoms with Gasteiger partial charge in [0.05, 0.1) is 16.9 Å². The maximum atomic E-state index is 13.8. The zero-order valence-electron chi connectivity index (χ0n) is 17.2. The van der Waals surface area contributed by atoms with E-state index in [1.807, 2.05) is 11.0 Å². The Labute approximate surface area is 186 Å². The topological polar surface area (TPSA) is 61.3 Å². The molecule has 0 radical (unpaired) electrons. The molecule has 2 aromatic heterocycles. The Kier molecular flexibility index (Phi) is 5.76. The van der Waals surface area contributed by atoms with Crippen LogP contribution in [0.3, 0.4) is 0 Å². The van der Waals surface area contributed by atoms with Crippen molar-refractivity contribution in [2.24, 2.45) is 0 Å². The summed E-state index contributed by atoms with van der Waals surface area (Å²) in [5.74, 6) is 0.259. The van der Waals surface area contributed by atoms with E-state index < -0.39 is 23.2 Å². The molecule has 32 heavy (non-hydrogen) atoms. The molecule has 5 nitrogen and oxygen atoms in total. The number of aryl methyl sites for hydroxylation is 1. The Bertz CT molecular complexity index is 1150. The van der Waals surface area contributed by atoms with Crippen molar-refractivity contribution in [2.45, 2.75) is 30.5 Å². The molecular formula is C22H20F4N4OS. The highest BCUT2D eigenvalue weighted by atomic mass is 32.2. The maximum absolute atomic E-state index is 13.8. The van der Waals surface area contributed by atoms with E-state index >= 15 is 0 Å². The second-order valence-electron chi connectivity index (χ2n) is 7.96. The van der Waals surface area contributed by atoms with E-state index in [1.165, 1.54) is 30.1 Å².